The Hall–Kier alpha value is -1.89. The number of likely N-dealkylation sites (N-methyl/N-ethyl adjacent to an activating group) is 1. The number of fused-ring (bicyclic) bond motifs is 1. The van der Waals surface area contributed by atoms with Gasteiger partial charge in [-0.1, -0.05) is 6.07 Å². The summed E-state index contributed by atoms with van der Waals surface area (Å²) < 4.78 is 10.1. The van der Waals surface area contributed by atoms with Crippen LogP contribution in [0.15, 0.2) is 28.7 Å². The summed E-state index contributed by atoms with van der Waals surface area (Å²) in [6.07, 6.45) is -0.531. The van der Waals surface area contributed by atoms with E-state index in [9.17, 15) is 9.90 Å². The first-order chi connectivity index (χ1) is 9.99. The third kappa shape index (κ3) is 4.04. The van der Waals surface area contributed by atoms with Gasteiger partial charge in [0.25, 0.3) is 0 Å². The maximum Gasteiger partial charge on any atom is 0.371 e. The smallest absolute Gasteiger partial charge is 0.371 e. The van der Waals surface area contributed by atoms with Crippen LogP contribution in [-0.2, 0) is 11.3 Å². The highest BCUT2D eigenvalue weighted by Gasteiger charge is 2.12. The standard InChI is InChI=1S/C15H19NO5/c1-16(8-12(17)9-20-2)7-10-3-4-13-11(5-10)6-14(21-13)15(18)19/h3-6,12,17H,7-9H2,1-2H3,(H,18,19). The van der Waals surface area contributed by atoms with Gasteiger partial charge in [0.15, 0.2) is 0 Å². The van der Waals surface area contributed by atoms with Crippen molar-refractivity contribution < 1.29 is 24.2 Å². The molecule has 6 heteroatoms. The zero-order valence-corrected chi connectivity index (χ0v) is 12.1. The van der Waals surface area contributed by atoms with Gasteiger partial charge in [-0.2, -0.15) is 0 Å². The fraction of sp³-hybridized carbons (Fsp3) is 0.400. The number of aromatic carboxylic acids is 1. The van der Waals surface area contributed by atoms with E-state index in [1.54, 1.807) is 13.2 Å². The Morgan fingerprint density at radius 3 is 2.86 bits per heavy atom. The van der Waals surface area contributed by atoms with Crippen LogP contribution in [0.25, 0.3) is 11.0 Å². The quantitative estimate of drug-likeness (QED) is 0.806. The number of ether oxygens (including phenoxy) is 1. The average molecular weight is 293 g/mol. The van der Waals surface area contributed by atoms with E-state index in [-0.39, 0.29) is 5.76 Å². The summed E-state index contributed by atoms with van der Waals surface area (Å²) in [5.74, 6) is -1.14. The molecule has 0 fully saturated rings. The number of furan rings is 1. The van der Waals surface area contributed by atoms with E-state index in [1.807, 2.05) is 24.1 Å². The Bertz CT molecular complexity index is 622. The number of rotatable bonds is 7. The highest BCUT2D eigenvalue weighted by molar-refractivity contribution is 5.91. The fourth-order valence-electron chi connectivity index (χ4n) is 2.28. The topological polar surface area (TPSA) is 83.1 Å². The van der Waals surface area contributed by atoms with Gasteiger partial charge in [0.2, 0.25) is 5.76 Å². The van der Waals surface area contributed by atoms with Gasteiger partial charge in [-0.05, 0) is 30.8 Å². The van der Waals surface area contributed by atoms with E-state index in [1.165, 1.54) is 6.07 Å². The molecule has 0 spiro atoms. The minimum absolute atomic E-state index is 0.0639. The molecular weight excluding hydrogens is 274 g/mol. The molecule has 0 bridgehead atoms. The van der Waals surface area contributed by atoms with Gasteiger partial charge in [0.05, 0.1) is 12.7 Å². The lowest BCUT2D eigenvalue weighted by molar-refractivity contribution is 0.0419. The normalized spacial score (nSPS) is 13.0. The maximum absolute atomic E-state index is 10.9. The lowest BCUT2D eigenvalue weighted by atomic mass is 10.1. The molecule has 0 saturated heterocycles. The first kappa shape index (κ1) is 15.5. The van der Waals surface area contributed by atoms with Crippen LogP contribution in [0.2, 0.25) is 0 Å². The third-order valence-corrected chi connectivity index (χ3v) is 3.13. The zero-order chi connectivity index (χ0) is 15.4. The summed E-state index contributed by atoms with van der Waals surface area (Å²) in [5, 5.41) is 19.4. The van der Waals surface area contributed by atoms with Crippen molar-refractivity contribution in [1.82, 2.24) is 4.90 Å². The Kier molecular flexibility index (Phi) is 4.95. The minimum Gasteiger partial charge on any atom is -0.475 e. The van der Waals surface area contributed by atoms with Gasteiger partial charge in [-0.25, -0.2) is 4.79 Å². The molecule has 0 aliphatic heterocycles. The first-order valence-corrected chi connectivity index (χ1v) is 6.61. The summed E-state index contributed by atoms with van der Waals surface area (Å²) >= 11 is 0. The second-order valence-electron chi connectivity index (χ2n) is 5.09. The minimum atomic E-state index is -1.08. The van der Waals surface area contributed by atoms with Crippen molar-refractivity contribution in [2.75, 3.05) is 27.3 Å². The molecule has 1 heterocycles. The molecule has 0 amide bonds. The molecule has 1 atom stereocenters. The average Bonchev–Trinajstić information content (AvgIpc) is 2.81. The van der Waals surface area contributed by atoms with E-state index in [2.05, 4.69) is 0 Å². The number of carbonyl (C=O) groups is 1. The van der Waals surface area contributed by atoms with Gasteiger partial charge in [0.1, 0.15) is 5.58 Å². The number of nitrogens with zero attached hydrogens (tertiary/aromatic N) is 1. The molecule has 0 radical (unpaired) electrons. The van der Waals surface area contributed by atoms with E-state index < -0.39 is 12.1 Å². The Labute approximate surface area is 122 Å². The number of carboxylic acid groups (broad SMARTS) is 1. The predicted octanol–water partition coefficient (Wildman–Crippen LogP) is 1.57. The van der Waals surface area contributed by atoms with Crippen molar-refractivity contribution in [3.63, 3.8) is 0 Å². The molecule has 1 aromatic heterocycles. The van der Waals surface area contributed by atoms with Crippen molar-refractivity contribution in [1.29, 1.82) is 0 Å². The van der Waals surface area contributed by atoms with Crippen LogP contribution in [0.1, 0.15) is 16.1 Å². The summed E-state index contributed by atoms with van der Waals surface area (Å²) in [4.78, 5) is 12.8. The molecule has 1 unspecified atom stereocenters. The van der Waals surface area contributed by atoms with Gasteiger partial charge in [-0.3, -0.25) is 4.90 Å². The van der Waals surface area contributed by atoms with Crippen LogP contribution in [0.4, 0.5) is 0 Å². The monoisotopic (exact) mass is 293 g/mol. The van der Waals surface area contributed by atoms with Crippen molar-refractivity contribution >= 4 is 16.9 Å². The van der Waals surface area contributed by atoms with Gasteiger partial charge < -0.3 is 19.4 Å². The molecule has 21 heavy (non-hydrogen) atoms. The molecule has 1 aromatic carbocycles. The predicted molar refractivity (Wildman–Crippen MR) is 77.4 cm³/mol. The summed E-state index contributed by atoms with van der Waals surface area (Å²) in [7, 11) is 3.46. The Morgan fingerprint density at radius 1 is 1.43 bits per heavy atom. The molecule has 2 N–H and O–H groups in total. The van der Waals surface area contributed by atoms with Crippen LogP contribution in [0, 0.1) is 0 Å². The number of benzene rings is 1. The van der Waals surface area contributed by atoms with Gasteiger partial charge >= 0.3 is 5.97 Å². The van der Waals surface area contributed by atoms with Crippen LogP contribution in [-0.4, -0.2) is 54.5 Å². The number of aliphatic hydroxyl groups excluding tert-OH is 1. The van der Waals surface area contributed by atoms with Gasteiger partial charge in [0, 0.05) is 25.6 Å². The van der Waals surface area contributed by atoms with Crippen molar-refractivity contribution in [2.24, 2.45) is 0 Å². The fourth-order valence-corrected chi connectivity index (χ4v) is 2.28. The van der Waals surface area contributed by atoms with E-state index >= 15 is 0 Å². The SMILES string of the molecule is COCC(O)CN(C)Cc1ccc2oc(C(=O)O)cc2c1. The van der Waals surface area contributed by atoms with Crippen molar-refractivity contribution in [2.45, 2.75) is 12.6 Å². The number of aliphatic hydroxyl groups is 1. The first-order valence-electron chi connectivity index (χ1n) is 6.61. The number of carboxylic acids is 1. The molecule has 0 saturated carbocycles. The van der Waals surface area contributed by atoms with Crippen LogP contribution in [0.5, 0.6) is 0 Å². The summed E-state index contributed by atoms with van der Waals surface area (Å²) in [6, 6.07) is 7.05. The van der Waals surface area contributed by atoms with E-state index in [0.717, 1.165) is 10.9 Å². The second kappa shape index (κ2) is 6.71. The lowest BCUT2D eigenvalue weighted by Crippen LogP contribution is -2.31. The largest absolute Gasteiger partial charge is 0.475 e. The summed E-state index contributed by atoms with van der Waals surface area (Å²) in [6.45, 7) is 1.44. The molecule has 2 rings (SSSR count). The van der Waals surface area contributed by atoms with Gasteiger partial charge in [-0.15, -0.1) is 0 Å². The van der Waals surface area contributed by atoms with Crippen LogP contribution in [0.3, 0.4) is 0 Å². The van der Waals surface area contributed by atoms with Crippen LogP contribution < -0.4 is 0 Å². The zero-order valence-electron chi connectivity index (χ0n) is 12.1. The van der Waals surface area contributed by atoms with Crippen molar-refractivity contribution in [3.05, 3.63) is 35.6 Å². The van der Waals surface area contributed by atoms with Crippen LogP contribution >= 0.6 is 0 Å². The second-order valence-corrected chi connectivity index (χ2v) is 5.09. The molecule has 0 aliphatic rings. The van der Waals surface area contributed by atoms with E-state index in [0.29, 0.717) is 25.3 Å². The highest BCUT2D eigenvalue weighted by Crippen LogP contribution is 2.21. The molecular formula is C15H19NO5. The lowest BCUT2D eigenvalue weighted by Gasteiger charge is -2.20. The Morgan fingerprint density at radius 2 is 2.19 bits per heavy atom. The number of methoxy groups -OCH3 is 1. The molecule has 2 aromatic rings. The molecule has 6 nitrogen and oxygen atoms in total. The number of hydrogen-bond donors (Lipinski definition) is 2. The maximum atomic E-state index is 10.9. The number of hydrogen-bond acceptors (Lipinski definition) is 5. The highest BCUT2D eigenvalue weighted by atomic mass is 16.5. The molecule has 114 valence electrons. The Balaban J connectivity index is 2.06. The molecule has 0 aliphatic carbocycles. The third-order valence-electron chi connectivity index (χ3n) is 3.13. The van der Waals surface area contributed by atoms with Crippen molar-refractivity contribution in [3.8, 4) is 0 Å². The summed E-state index contributed by atoms with van der Waals surface area (Å²) in [5.41, 5.74) is 1.57. The van der Waals surface area contributed by atoms with E-state index in [4.69, 9.17) is 14.3 Å².